The van der Waals surface area contributed by atoms with Crippen LogP contribution in [0.4, 0.5) is 0 Å². The summed E-state index contributed by atoms with van der Waals surface area (Å²) in [4.78, 5) is 40.5. The lowest BCUT2D eigenvalue weighted by atomic mass is 10.0. The molecular formula is C24H27Cl2N3O3. The summed E-state index contributed by atoms with van der Waals surface area (Å²) in [7, 11) is 0. The lowest BCUT2D eigenvalue weighted by Gasteiger charge is -2.30. The van der Waals surface area contributed by atoms with Gasteiger partial charge in [0.15, 0.2) is 0 Å². The Morgan fingerprint density at radius 3 is 2.44 bits per heavy atom. The zero-order valence-electron chi connectivity index (χ0n) is 18.1. The SMILES string of the molecule is CC(C)[C@H](NC(=O)c1ccc(Cl)c(Cl)c1)C(=O)N1CCC[C@H]1C(=O)NCc1ccccc1. The Labute approximate surface area is 198 Å². The maximum absolute atomic E-state index is 13.3. The predicted octanol–water partition coefficient (Wildman–Crippen LogP) is 4.06. The van der Waals surface area contributed by atoms with E-state index in [-0.39, 0.29) is 22.8 Å². The third-order valence-electron chi connectivity index (χ3n) is 5.55. The molecule has 3 amide bonds. The van der Waals surface area contributed by atoms with Crippen molar-refractivity contribution < 1.29 is 14.4 Å². The van der Waals surface area contributed by atoms with E-state index in [1.54, 1.807) is 17.0 Å². The summed E-state index contributed by atoms with van der Waals surface area (Å²) in [6.45, 7) is 4.60. The second-order valence-corrected chi connectivity index (χ2v) is 9.03. The molecular weight excluding hydrogens is 449 g/mol. The fourth-order valence-electron chi connectivity index (χ4n) is 3.76. The second-order valence-electron chi connectivity index (χ2n) is 8.22. The van der Waals surface area contributed by atoms with Gasteiger partial charge in [-0.15, -0.1) is 0 Å². The molecule has 0 radical (unpaired) electrons. The number of carbonyl (C=O) groups is 3. The van der Waals surface area contributed by atoms with Gasteiger partial charge in [-0.25, -0.2) is 0 Å². The van der Waals surface area contributed by atoms with Crippen molar-refractivity contribution in [1.82, 2.24) is 15.5 Å². The number of nitrogens with zero attached hydrogens (tertiary/aromatic N) is 1. The Morgan fingerprint density at radius 1 is 1.06 bits per heavy atom. The van der Waals surface area contributed by atoms with E-state index < -0.39 is 18.0 Å². The maximum Gasteiger partial charge on any atom is 0.251 e. The topological polar surface area (TPSA) is 78.5 Å². The van der Waals surface area contributed by atoms with Gasteiger partial charge < -0.3 is 15.5 Å². The van der Waals surface area contributed by atoms with Crippen molar-refractivity contribution in [2.45, 2.75) is 45.3 Å². The van der Waals surface area contributed by atoms with E-state index in [1.165, 1.54) is 6.07 Å². The van der Waals surface area contributed by atoms with Crippen LogP contribution in [0.5, 0.6) is 0 Å². The van der Waals surface area contributed by atoms with E-state index in [0.717, 1.165) is 12.0 Å². The first-order chi connectivity index (χ1) is 15.3. The minimum Gasteiger partial charge on any atom is -0.350 e. The van der Waals surface area contributed by atoms with Crippen molar-refractivity contribution in [3.05, 3.63) is 69.7 Å². The van der Waals surface area contributed by atoms with Crippen LogP contribution in [0.1, 0.15) is 42.6 Å². The molecule has 1 heterocycles. The van der Waals surface area contributed by atoms with Crippen molar-refractivity contribution in [1.29, 1.82) is 0 Å². The summed E-state index contributed by atoms with van der Waals surface area (Å²) in [5, 5.41) is 6.35. The minimum atomic E-state index is -0.764. The molecule has 2 aromatic carbocycles. The molecule has 0 saturated carbocycles. The molecule has 0 spiro atoms. The number of hydrogen-bond acceptors (Lipinski definition) is 3. The van der Waals surface area contributed by atoms with Gasteiger partial charge >= 0.3 is 0 Å². The van der Waals surface area contributed by atoms with Gasteiger partial charge in [-0.05, 0) is 42.5 Å². The van der Waals surface area contributed by atoms with Crippen molar-refractivity contribution in [2.24, 2.45) is 5.92 Å². The number of amides is 3. The Hall–Kier alpha value is -2.57. The normalized spacial score (nSPS) is 16.7. The Balaban J connectivity index is 1.68. The van der Waals surface area contributed by atoms with Crippen molar-refractivity contribution in [3.8, 4) is 0 Å². The molecule has 0 aliphatic carbocycles. The van der Waals surface area contributed by atoms with Crippen LogP contribution in [0.3, 0.4) is 0 Å². The molecule has 1 saturated heterocycles. The maximum atomic E-state index is 13.3. The lowest BCUT2D eigenvalue weighted by molar-refractivity contribution is -0.140. The summed E-state index contributed by atoms with van der Waals surface area (Å²) in [6.07, 6.45) is 1.33. The highest BCUT2D eigenvalue weighted by molar-refractivity contribution is 6.42. The summed E-state index contributed by atoms with van der Waals surface area (Å²) >= 11 is 11.9. The summed E-state index contributed by atoms with van der Waals surface area (Å²) in [5.41, 5.74) is 1.31. The van der Waals surface area contributed by atoms with E-state index in [0.29, 0.717) is 30.1 Å². The lowest BCUT2D eigenvalue weighted by Crippen LogP contribution is -2.55. The number of benzene rings is 2. The van der Waals surface area contributed by atoms with Crippen LogP contribution in [-0.4, -0.2) is 41.2 Å². The van der Waals surface area contributed by atoms with Crippen LogP contribution in [0.15, 0.2) is 48.5 Å². The fraction of sp³-hybridized carbons (Fsp3) is 0.375. The molecule has 6 nitrogen and oxygen atoms in total. The number of rotatable bonds is 7. The largest absolute Gasteiger partial charge is 0.350 e. The molecule has 3 rings (SSSR count). The smallest absolute Gasteiger partial charge is 0.251 e. The Bertz CT molecular complexity index is 982. The molecule has 0 unspecified atom stereocenters. The monoisotopic (exact) mass is 475 g/mol. The molecule has 170 valence electrons. The van der Waals surface area contributed by atoms with Crippen LogP contribution in [-0.2, 0) is 16.1 Å². The van der Waals surface area contributed by atoms with Crippen molar-refractivity contribution in [3.63, 3.8) is 0 Å². The third-order valence-corrected chi connectivity index (χ3v) is 6.29. The molecule has 1 fully saturated rings. The Morgan fingerprint density at radius 2 is 1.78 bits per heavy atom. The van der Waals surface area contributed by atoms with Crippen LogP contribution in [0, 0.1) is 5.92 Å². The van der Waals surface area contributed by atoms with E-state index in [4.69, 9.17) is 23.2 Å². The highest BCUT2D eigenvalue weighted by Gasteiger charge is 2.38. The van der Waals surface area contributed by atoms with Gasteiger partial charge in [0.05, 0.1) is 10.0 Å². The van der Waals surface area contributed by atoms with Crippen LogP contribution in [0.25, 0.3) is 0 Å². The zero-order chi connectivity index (χ0) is 23.3. The quantitative estimate of drug-likeness (QED) is 0.633. The number of nitrogens with one attached hydrogen (secondary N) is 2. The highest BCUT2D eigenvalue weighted by Crippen LogP contribution is 2.24. The first kappa shape index (κ1) is 24.1. The van der Waals surface area contributed by atoms with Crippen molar-refractivity contribution >= 4 is 40.9 Å². The van der Waals surface area contributed by atoms with Gasteiger partial charge in [-0.3, -0.25) is 14.4 Å². The Kier molecular flexibility index (Phi) is 8.15. The van der Waals surface area contributed by atoms with Gasteiger partial charge in [-0.1, -0.05) is 67.4 Å². The van der Waals surface area contributed by atoms with E-state index in [9.17, 15) is 14.4 Å². The average molecular weight is 476 g/mol. The predicted molar refractivity (Wildman–Crippen MR) is 126 cm³/mol. The molecule has 0 bridgehead atoms. The first-order valence-corrected chi connectivity index (χ1v) is 11.4. The fourth-order valence-corrected chi connectivity index (χ4v) is 4.06. The number of halogens is 2. The highest BCUT2D eigenvalue weighted by atomic mass is 35.5. The third kappa shape index (κ3) is 5.81. The van der Waals surface area contributed by atoms with Crippen LogP contribution >= 0.6 is 23.2 Å². The van der Waals surface area contributed by atoms with Crippen LogP contribution in [0.2, 0.25) is 10.0 Å². The molecule has 0 aromatic heterocycles. The zero-order valence-corrected chi connectivity index (χ0v) is 19.6. The summed E-state index contributed by atoms with van der Waals surface area (Å²) in [5.74, 6) is -1.02. The minimum absolute atomic E-state index is 0.164. The van der Waals surface area contributed by atoms with Gasteiger partial charge in [0.25, 0.3) is 5.91 Å². The second kappa shape index (κ2) is 10.8. The molecule has 1 aliphatic heterocycles. The molecule has 2 aromatic rings. The number of carbonyl (C=O) groups excluding carboxylic acids is 3. The van der Waals surface area contributed by atoms with E-state index in [1.807, 2.05) is 44.2 Å². The molecule has 2 atom stereocenters. The van der Waals surface area contributed by atoms with Crippen molar-refractivity contribution in [2.75, 3.05) is 6.54 Å². The molecule has 8 heteroatoms. The van der Waals surface area contributed by atoms with E-state index >= 15 is 0 Å². The molecule has 1 aliphatic rings. The number of hydrogen-bond donors (Lipinski definition) is 2. The molecule has 32 heavy (non-hydrogen) atoms. The van der Waals surface area contributed by atoms with Gasteiger partial charge in [0.1, 0.15) is 12.1 Å². The average Bonchev–Trinajstić information content (AvgIpc) is 3.27. The van der Waals surface area contributed by atoms with Gasteiger partial charge in [0.2, 0.25) is 11.8 Å². The van der Waals surface area contributed by atoms with Gasteiger partial charge in [-0.2, -0.15) is 0 Å². The first-order valence-electron chi connectivity index (χ1n) is 10.7. The van der Waals surface area contributed by atoms with E-state index in [2.05, 4.69) is 10.6 Å². The number of likely N-dealkylation sites (tertiary alicyclic amines) is 1. The van der Waals surface area contributed by atoms with Crippen LogP contribution < -0.4 is 10.6 Å². The summed E-state index contributed by atoms with van der Waals surface area (Å²) < 4.78 is 0. The molecule has 2 N–H and O–H groups in total. The standard InChI is InChI=1S/C24H27Cl2N3O3/c1-15(2)21(28-22(30)17-10-11-18(25)19(26)13-17)24(32)29-12-6-9-20(29)23(31)27-14-16-7-4-3-5-8-16/h3-5,7-8,10-11,13,15,20-21H,6,9,12,14H2,1-2H3,(H,27,31)(H,28,30)/t20-,21-/m0/s1. The summed E-state index contributed by atoms with van der Waals surface area (Å²) in [6, 6.07) is 12.9. The van der Waals surface area contributed by atoms with Gasteiger partial charge in [0, 0.05) is 18.7 Å².